The van der Waals surface area contributed by atoms with Crippen LogP contribution in [0.4, 0.5) is 0 Å². The lowest BCUT2D eigenvalue weighted by Crippen LogP contribution is -2.33. The van der Waals surface area contributed by atoms with Gasteiger partial charge in [-0.15, -0.1) is 0 Å². The lowest BCUT2D eigenvalue weighted by Gasteiger charge is -2.16. The first-order valence-corrected chi connectivity index (χ1v) is 8.85. The molecule has 0 heterocycles. The van der Waals surface area contributed by atoms with Crippen molar-refractivity contribution in [3.05, 3.63) is 56.5 Å². The Morgan fingerprint density at radius 3 is 2.42 bits per heavy atom. The number of hydrogen-bond acceptors (Lipinski definition) is 4. The van der Waals surface area contributed by atoms with Gasteiger partial charge in [-0.2, -0.15) is 0 Å². The van der Waals surface area contributed by atoms with Crippen LogP contribution in [0, 0.1) is 0 Å². The maximum atomic E-state index is 10.9. The zero-order chi connectivity index (χ0) is 19.3. The maximum Gasteiger partial charge on any atom is 0.320 e. The van der Waals surface area contributed by atoms with Crippen LogP contribution in [0.2, 0.25) is 15.1 Å². The predicted octanol–water partition coefficient (Wildman–Crippen LogP) is 4.80. The molecule has 2 rings (SSSR count). The summed E-state index contributed by atoms with van der Waals surface area (Å²) in [5, 5.41) is 13.1. The lowest BCUT2D eigenvalue weighted by molar-refractivity contribution is -0.139. The van der Waals surface area contributed by atoms with Crippen molar-refractivity contribution in [2.75, 3.05) is 7.11 Å². The molecular weight excluding hydrogens is 401 g/mol. The van der Waals surface area contributed by atoms with Crippen molar-refractivity contribution in [3.8, 4) is 11.5 Å². The molecule has 5 nitrogen and oxygen atoms in total. The standard InChI is InChI=1S/C18H18Cl3NO4/c1-10(18(23)24)22-8-11-6-15(21)17(16(7-11)25-2)26-9-12-13(19)4-3-5-14(12)20/h3-7,10,22H,8-9H2,1-2H3,(H,23,24). The highest BCUT2D eigenvalue weighted by atomic mass is 35.5. The van der Waals surface area contributed by atoms with Crippen molar-refractivity contribution in [1.29, 1.82) is 0 Å². The Morgan fingerprint density at radius 1 is 1.19 bits per heavy atom. The van der Waals surface area contributed by atoms with Gasteiger partial charge in [-0.05, 0) is 36.8 Å². The van der Waals surface area contributed by atoms with E-state index in [0.29, 0.717) is 38.7 Å². The van der Waals surface area contributed by atoms with Crippen LogP contribution in [0.3, 0.4) is 0 Å². The molecule has 0 aromatic heterocycles. The summed E-state index contributed by atoms with van der Waals surface area (Å²) < 4.78 is 11.1. The summed E-state index contributed by atoms with van der Waals surface area (Å²) in [5.41, 5.74) is 1.41. The highest BCUT2D eigenvalue weighted by molar-refractivity contribution is 6.36. The van der Waals surface area contributed by atoms with Crippen molar-refractivity contribution < 1.29 is 19.4 Å². The molecule has 0 bridgehead atoms. The minimum Gasteiger partial charge on any atom is -0.493 e. The molecule has 0 aliphatic carbocycles. The van der Waals surface area contributed by atoms with Crippen LogP contribution in [0.15, 0.2) is 30.3 Å². The third-order valence-corrected chi connectivity index (χ3v) is 4.68. The molecule has 2 N–H and O–H groups in total. The summed E-state index contributed by atoms with van der Waals surface area (Å²) in [6.07, 6.45) is 0. The minimum atomic E-state index is -0.931. The molecule has 2 aromatic carbocycles. The average Bonchev–Trinajstić information content (AvgIpc) is 2.59. The van der Waals surface area contributed by atoms with Crippen molar-refractivity contribution >= 4 is 40.8 Å². The van der Waals surface area contributed by atoms with Crippen LogP contribution < -0.4 is 14.8 Å². The molecule has 0 fully saturated rings. The van der Waals surface area contributed by atoms with E-state index in [4.69, 9.17) is 49.4 Å². The first-order valence-electron chi connectivity index (χ1n) is 7.71. The quantitative estimate of drug-likeness (QED) is 0.645. The number of carbonyl (C=O) groups is 1. The number of hydrogen-bond donors (Lipinski definition) is 2. The highest BCUT2D eigenvalue weighted by Crippen LogP contribution is 2.38. The van der Waals surface area contributed by atoms with E-state index in [2.05, 4.69) is 5.32 Å². The van der Waals surface area contributed by atoms with Crippen LogP contribution in [-0.4, -0.2) is 24.2 Å². The first-order chi connectivity index (χ1) is 12.3. The number of nitrogens with one attached hydrogen (secondary N) is 1. The average molecular weight is 419 g/mol. The van der Waals surface area contributed by atoms with Gasteiger partial charge in [-0.1, -0.05) is 40.9 Å². The molecule has 0 saturated heterocycles. The minimum absolute atomic E-state index is 0.127. The van der Waals surface area contributed by atoms with Crippen LogP contribution in [0.5, 0.6) is 11.5 Å². The topological polar surface area (TPSA) is 67.8 Å². The second-order valence-electron chi connectivity index (χ2n) is 5.54. The number of halogens is 3. The summed E-state index contributed by atoms with van der Waals surface area (Å²) in [7, 11) is 1.50. The Balaban J connectivity index is 2.17. The van der Waals surface area contributed by atoms with Gasteiger partial charge in [0.2, 0.25) is 0 Å². The molecule has 26 heavy (non-hydrogen) atoms. The highest BCUT2D eigenvalue weighted by Gasteiger charge is 2.16. The molecule has 1 unspecified atom stereocenters. The third kappa shape index (κ3) is 5.17. The second kappa shape index (κ2) is 9.33. The predicted molar refractivity (Wildman–Crippen MR) is 103 cm³/mol. The van der Waals surface area contributed by atoms with Crippen molar-refractivity contribution in [1.82, 2.24) is 5.32 Å². The Labute approximate surface area is 166 Å². The maximum absolute atomic E-state index is 10.9. The van der Waals surface area contributed by atoms with E-state index < -0.39 is 12.0 Å². The van der Waals surface area contributed by atoms with Gasteiger partial charge < -0.3 is 19.9 Å². The number of carboxylic acids is 1. The molecule has 0 amide bonds. The van der Waals surface area contributed by atoms with Crippen LogP contribution in [0.1, 0.15) is 18.1 Å². The van der Waals surface area contributed by atoms with Gasteiger partial charge in [0, 0.05) is 22.2 Å². The molecule has 0 spiro atoms. The molecular formula is C18H18Cl3NO4. The third-order valence-electron chi connectivity index (χ3n) is 3.69. The van der Waals surface area contributed by atoms with Crippen molar-refractivity contribution in [3.63, 3.8) is 0 Å². The molecule has 8 heteroatoms. The monoisotopic (exact) mass is 417 g/mol. The smallest absolute Gasteiger partial charge is 0.320 e. The summed E-state index contributed by atoms with van der Waals surface area (Å²) in [6, 6.07) is 7.94. The summed E-state index contributed by atoms with van der Waals surface area (Å²) in [4.78, 5) is 10.9. The summed E-state index contributed by atoms with van der Waals surface area (Å²) in [6.45, 7) is 2.01. The first kappa shape index (κ1) is 20.6. The van der Waals surface area contributed by atoms with E-state index in [9.17, 15) is 4.79 Å². The number of aliphatic carboxylic acids is 1. The van der Waals surface area contributed by atoms with Gasteiger partial charge in [-0.3, -0.25) is 4.79 Å². The SMILES string of the molecule is COc1cc(CNC(C)C(=O)O)cc(Cl)c1OCc1c(Cl)cccc1Cl. The van der Waals surface area contributed by atoms with Crippen LogP contribution in [-0.2, 0) is 17.9 Å². The summed E-state index contributed by atoms with van der Waals surface area (Å²) >= 11 is 18.6. The number of rotatable bonds is 8. The molecule has 2 aromatic rings. The van der Waals surface area contributed by atoms with E-state index >= 15 is 0 Å². The summed E-state index contributed by atoms with van der Waals surface area (Å²) in [5.74, 6) is -0.139. The Bertz CT molecular complexity index is 778. The zero-order valence-electron chi connectivity index (χ0n) is 14.2. The molecule has 0 aliphatic heterocycles. The van der Waals surface area contributed by atoms with E-state index in [1.807, 2.05) is 0 Å². The van der Waals surface area contributed by atoms with Gasteiger partial charge in [-0.25, -0.2) is 0 Å². The van der Waals surface area contributed by atoms with Gasteiger partial charge in [0.05, 0.1) is 12.1 Å². The van der Waals surface area contributed by atoms with Gasteiger partial charge >= 0.3 is 5.97 Å². The van der Waals surface area contributed by atoms with Crippen LogP contribution in [0.25, 0.3) is 0 Å². The van der Waals surface area contributed by atoms with Crippen molar-refractivity contribution in [2.45, 2.75) is 26.1 Å². The number of benzene rings is 2. The fraction of sp³-hybridized carbons (Fsp3) is 0.278. The van der Waals surface area contributed by atoms with E-state index in [-0.39, 0.29) is 6.61 Å². The molecule has 0 aliphatic rings. The zero-order valence-corrected chi connectivity index (χ0v) is 16.5. The number of ether oxygens (including phenoxy) is 2. The van der Waals surface area contributed by atoms with Gasteiger partial charge in [0.1, 0.15) is 12.6 Å². The second-order valence-corrected chi connectivity index (χ2v) is 6.76. The van der Waals surface area contributed by atoms with E-state index in [1.54, 1.807) is 37.3 Å². The van der Waals surface area contributed by atoms with Crippen molar-refractivity contribution in [2.24, 2.45) is 0 Å². The molecule has 1 atom stereocenters. The lowest BCUT2D eigenvalue weighted by atomic mass is 10.2. The van der Waals surface area contributed by atoms with Gasteiger partial charge in [0.25, 0.3) is 0 Å². The fourth-order valence-corrected chi connectivity index (χ4v) is 2.98. The van der Waals surface area contributed by atoms with Gasteiger partial charge in [0.15, 0.2) is 11.5 Å². The Morgan fingerprint density at radius 2 is 1.85 bits per heavy atom. The molecule has 0 saturated carbocycles. The number of carboxylic acid groups (broad SMARTS) is 1. The van der Waals surface area contributed by atoms with E-state index in [0.717, 1.165) is 5.56 Å². The fourth-order valence-electron chi connectivity index (χ4n) is 2.19. The molecule has 0 radical (unpaired) electrons. The largest absolute Gasteiger partial charge is 0.493 e. The van der Waals surface area contributed by atoms with E-state index in [1.165, 1.54) is 7.11 Å². The Hall–Kier alpha value is -1.66. The normalized spacial score (nSPS) is 11.9. The van der Waals surface area contributed by atoms with Crippen LogP contribution >= 0.6 is 34.8 Å². The molecule has 140 valence electrons. The Kier molecular flexibility index (Phi) is 7.41. The number of methoxy groups -OCH3 is 1.